The standard InChI is InChI=1S/C14H30N2S/c1-13(9-12-17-3)16(2)11-6-4-5-10-15-14-7-8-14/h13-15H,4-12H2,1-3H3. The normalized spacial score (nSPS) is 17.6. The second-order valence-electron chi connectivity index (χ2n) is 5.40. The maximum atomic E-state index is 3.58. The second-order valence-corrected chi connectivity index (χ2v) is 6.39. The first-order valence-corrected chi connectivity index (χ1v) is 8.56. The summed E-state index contributed by atoms with van der Waals surface area (Å²) in [5, 5.41) is 3.58. The Kier molecular flexibility index (Phi) is 8.33. The molecule has 17 heavy (non-hydrogen) atoms. The first-order chi connectivity index (χ1) is 8.24. The van der Waals surface area contributed by atoms with E-state index in [0.29, 0.717) is 0 Å². The molecule has 1 aliphatic rings. The van der Waals surface area contributed by atoms with Crippen LogP contribution in [0.5, 0.6) is 0 Å². The highest BCUT2D eigenvalue weighted by Gasteiger charge is 2.19. The monoisotopic (exact) mass is 258 g/mol. The topological polar surface area (TPSA) is 15.3 Å². The average Bonchev–Trinajstić information content (AvgIpc) is 3.14. The maximum Gasteiger partial charge on any atom is 0.00717 e. The Hall–Kier alpha value is 0.270. The molecule has 1 atom stereocenters. The van der Waals surface area contributed by atoms with Gasteiger partial charge in [0.2, 0.25) is 0 Å². The van der Waals surface area contributed by atoms with Gasteiger partial charge in [-0.25, -0.2) is 0 Å². The van der Waals surface area contributed by atoms with E-state index < -0.39 is 0 Å². The highest BCUT2D eigenvalue weighted by molar-refractivity contribution is 7.98. The summed E-state index contributed by atoms with van der Waals surface area (Å²) < 4.78 is 0. The van der Waals surface area contributed by atoms with Gasteiger partial charge in [-0.3, -0.25) is 0 Å². The number of thioether (sulfide) groups is 1. The van der Waals surface area contributed by atoms with Crippen LogP contribution in [0.25, 0.3) is 0 Å². The van der Waals surface area contributed by atoms with Gasteiger partial charge in [0.05, 0.1) is 0 Å². The van der Waals surface area contributed by atoms with Gasteiger partial charge < -0.3 is 10.2 Å². The molecule has 1 fully saturated rings. The van der Waals surface area contributed by atoms with E-state index in [2.05, 4.69) is 30.4 Å². The molecule has 1 aliphatic carbocycles. The molecule has 0 saturated heterocycles. The van der Waals surface area contributed by atoms with Crippen LogP contribution >= 0.6 is 11.8 Å². The molecule has 0 bridgehead atoms. The average molecular weight is 258 g/mol. The van der Waals surface area contributed by atoms with E-state index in [1.807, 2.05) is 11.8 Å². The Balaban J connectivity index is 1.85. The lowest BCUT2D eigenvalue weighted by atomic mass is 10.2. The van der Waals surface area contributed by atoms with Crippen molar-refractivity contribution in [1.82, 2.24) is 10.2 Å². The van der Waals surface area contributed by atoms with Crippen LogP contribution in [0.2, 0.25) is 0 Å². The van der Waals surface area contributed by atoms with Crippen molar-refractivity contribution < 1.29 is 0 Å². The maximum absolute atomic E-state index is 3.58. The van der Waals surface area contributed by atoms with Crippen LogP contribution in [0.4, 0.5) is 0 Å². The number of hydrogen-bond donors (Lipinski definition) is 1. The smallest absolute Gasteiger partial charge is 0.00717 e. The van der Waals surface area contributed by atoms with Crippen LogP contribution in [0.1, 0.15) is 45.4 Å². The van der Waals surface area contributed by atoms with Crippen molar-refractivity contribution in [1.29, 1.82) is 0 Å². The number of unbranched alkanes of at least 4 members (excludes halogenated alkanes) is 2. The molecule has 1 N–H and O–H groups in total. The highest BCUT2D eigenvalue weighted by Crippen LogP contribution is 2.18. The third kappa shape index (κ3) is 8.06. The van der Waals surface area contributed by atoms with E-state index in [4.69, 9.17) is 0 Å². The zero-order valence-corrected chi connectivity index (χ0v) is 12.7. The van der Waals surface area contributed by atoms with Crippen molar-refractivity contribution in [2.45, 2.75) is 57.5 Å². The van der Waals surface area contributed by atoms with E-state index in [9.17, 15) is 0 Å². The SMILES string of the molecule is CSCCC(C)N(C)CCCCCNC1CC1. The molecule has 0 aromatic carbocycles. The molecule has 3 heteroatoms. The molecule has 102 valence electrons. The van der Waals surface area contributed by atoms with E-state index in [1.54, 1.807) is 0 Å². The van der Waals surface area contributed by atoms with Crippen LogP contribution in [0.15, 0.2) is 0 Å². The molecule has 2 nitrogen and oxygen atoms in total. The minimum absolute atomic E-state index is 0.743. The summed E-state index contributed by atoms with van der Waals surface area (Å²) in [5.41, 5.74) is 0. The summed E-state index contributed by atoms with van der Waals surface area (Å²) in [6.07, 6.45) is 10.4. The summed E-state index contributed by atoms with van der Waals surface area (Å²) in [7, 11) is 2.27. The first-order valence-electron chi connectivity index (χ1n) is 7.16. The molecule has 1 unspecified atom stereocenters. The predicted octanol–water partition coefficient (Wildman–Crippen LogP) is 2.98. The Bertz CT molecular complexity index is 183. The van der Waals surface area contributed by atoms with Gasteiger partial charge in [-0.1, -0.05) is 6.42 Å². The van der Waals surface area contributed by atoms with Gasteiger partial charge in [-0.2, -0.15) is 11.8 Å². The summed E-state index contributed by atoms with van der Waals surface area (Å²) in [5.74, 6) is 1.29. The first kappa shape index (κ1) is 15.3. The lowest BCUT2D eigenvalue weighted by Gasteiger charge is -2.24. The highest BCUT2D eigenvalue weighted by atomic mass is 32.2. The van der Waals surface area contributed by atoms with Crippen molar-refractivity contribution >= 4 is 11.8 Å². The van der Waals surface area contributed by atoms with Gasteiger partial charge in [0.15, 0.2) is 0 Å². The van der Waals surface area contributed by atoms with E-state index in [-0.39, 0.29) is 0 Å². The van der Waals surface area contributed by atoms with E-state index in [1.165, 1.54) is 57.4 Å². The number of rotatable bonds is 11. The lowest BCUT2D eigenvalue weighted by Crippen LogP contribution is -2.30. The third-order valence-electron chi connectivity index (χ3n) is 3.69. The molecular weight excluding hydrogens is 228 g/mol. The molecule has 0 aromatic rings. The molecule has 0 spiro atoms. The molecule has 0 aromatic heterocycles. The zero-order valence-electron chi connectivity index (χ0n) is 11.9. The van der Waals surface area contributed by atoms with Gasteiger partial charge in [0.25, 0.3) is 0 Å². The quantitative estimate of drug-likeness (QED) is 0.574. The molecular formula is C14H30N2S. The van der Waals surface area contributed by atoms with Crippen molar-refractivity contribution in [3.8, 4) is 0 Å². The van der Waals surface area contributed by atoms with Gasteiger partial charge in [0, 0.05) is 12.1 Å². The number of hydrogen-bond acceptors (Lipinski definition) is 3. The minimum atomic E-state index is 0.743. The molecule has 0 aliphatic heterocycles. The number of nitrogens with one attached hydrogen (secondary N) is 1. The van der Waals surface area contributed by atoms with Gasteiger partial charge >= 0.3 is 0 Å². The van der Waals surface area contributed by atoms with Crippen molar-refractivity contribution in [3.05, 3.63) is 0 Å². The van der Waals surface area contributed by atoms with Gasteiger partial charge in [0.1, 0.15) is 0 Å². The van der Waals surface area contributed by atoms with Crippen LogP contribution in [-0.4, -0.2) is 49.1 Å². The minimum Gasteiger partial charge on any atom is -0.314 e. The van der Waals surface area contributed by atoms with E-state index >= 15 is 0 Å². The van der Waals surface area contributed by atoms with Gasteiger partial charge in [-0.15, -0.1) is 0 Å². The Morgan fingerprint density at radius 1 is 1.29 bits per heavy atom. The third-order valence-corrected chi connectivity index (χ3v) is 4.33. The summed E-state index contributed by atoms with van der Waals surface area (Å²) >= 11 is 1.96. The molecule has 1 saturated carbocycles. The fraction of sp³-hybridized carbons (Fsp3) is 1.00. The fourth-order valence-corrected chi connectivity index (χ4v) is 2.56. The number of nitrogens with zero attached hydrogens (tertiary/aromatic N) is 1. The molecule has 0 amide bonds. The predicted molar refractivity (Wildman–Crippen MR) is 80.0 cm³/mol. The Morgan fingerprint density at radius 2 is 2.06 bits per heavy atom. The Morgan fingerprint density at radius 3 is 2.71 bits per heavy atom. The van der Waals surface area contributed by atoms with Crippen LogP contribution < -0.4 is 5.32 Å². The van der Waals surface area contributed by atoms with Gasteiger partial charge in [-0.05, 0) is 71.2 Å². The fourth-order valence-electron chi connectivity index (χ4n) is 1.99. The van der Waals surface area contributed by atoms with Crippen LogP contribution in [-0.2, 0) is 0 Å². The molecule has 0 radical (unpaired) electrons. The molecule has 0 heterocycles. The second kappa shape index (κ2) is 9.23. The van der Waals surface area contributed by atoms with Crippen molar-refractivity contribution in [3.63, 3.8) is 0 Å². The summed E-state index contributed by atoms with van der Waals surface area (Å²) in [6.45, 7) is 4.85. The van der Waals surface area contributed by atoms with Crippen LogP contribution in [0, 0.1) is 0 Å². The van der Waals surface area contributed by atoms with Crippen LogP contribution in [0.3, 0.4) is 0 Å². The Labute approximate surface area is 112 Å². The van der Waals surface area contributed by atoms with Crippen molar-refractivity contribution in [2.24, 2.45) is 0 Å². The van der Waals surface area contributed by atoms with Crippen molar-refractivity contribution in [2.75, 3.05) is 32.1 Å². The summed E-state index contributed by atoms with van der Waals surface area (Å²) in [4.78, 5) is 2.52. The zero-order chi connectivity index (χ0) is 12.5. The summed E-state index contributed by atoms with van der Waals surface area (Å²) in [6, 6.07) is 1.62. The molecule has 1 rings (SSSR count). The largest absolute Gasteiger partial charge is 0.314 e. The van der Waals surface area contributed by atoms with E-state index in [0.717, 1.165) is 12.1 Å². The lowest BCUT2D eigenvalue weighted by molar-refractivity contribution is 0.247.